The van der Waals surface area contributed by atoms with Gasteiger partial charge in [0.05, 0.1) is 17.2 Å². The second-order valence-corrected chi connectivity index (χ2v) is 6.37. The lowest BCUT2D eigenvalue weighted by Gasteiger charge is -2.08. The molecule has 4 aromatic rings. The summed E-state index contributed by atoms with van der Waals surface area (Å²) >= 11 is 0. The summed E-state index contributed by atoms with van der Waals surface area (Å²) in [4.78, 5) is 28.6. The van der Waals surface area contributed by atoms with E-state index in [0.29, 0.717) is 22.7 Å². The van der Waals surface area contributed by atoms with Crippen molar-refractivity contribution in [2.24, 2.45) is 14.1 Å². The molecule has 2 heterocycles. The van der Waals surface area contributed by atoms with E-state index in [1.165, 1.54) is 0 Å². The molecule has 7 nitrogen and oxygen atoms in total. The molecule has 7 heteroatoms. The third-order valence-corrected chi connectivity index (χ3v) is 4.52. The summed E-state index contributed by atoms with van der Waals surface area (Å²) in [5, 5.41) is 2.86. The molecule has 1 N–H and O–H groups in total. The van der Waals surface area contributed by atoms with E-state index in [2.05, 4.69) is 10.3 Å². The summed E-state index contributed by atoms with van der Waals surface area (Å²) in [5.41, 5.74) is 2.57. The van der Waals surface area contributed by atoms with Gasteiger partial charge < -0.3 is 10.1 Å². The summed E-state index contributed by atoms with van der Waals surface area (Å²) in [6, 6.07) is 15.8. The highest BCUT2D eigenvalue weighted by molar-refractivity contribution is 6.05. The highest BCUT2D eigenvalue weighted by atomic mass is 16.5. The van der Waals surface area contributed by atoms with Gasteiger partial charge in [0.25, 0.3) is 5.91 Å². The van der Waals surface area contributed by atoms with Crippen LogP contribution in [0.4, 0.5) is 5.69 Å². The van der Waals surface area contributed by atoms with Crippen molar-refractivity contribution in [2.75, 3.05) is 5.32 Å². The Bertz CT molecular complexity index is 1210. The van der Waals surface area contributed by atoms with Gasteiger partial charge in [-0.1, -0.05) is 0 Å². The van der Waals surface area contributed by atoms with Crippen LogP contribution in [0, 0.1) is 0 Å². The Morgan fingerprint density at radius 3 is 2.43 bits per heavy atom. The van der Waals surface area contributed by atoms with E-state index in [1.807, 2.05) is 6.07 Å². The number of pyridine rings is 1. The van der Waals surface area contributed by atoms with Crippen LogP contribution >= 0.6 is 0 Å². The molecule has 0 saturated carbocycles. The lowest BCUT2D eigenvalue weighted by atomic mass is 10.2. The fourth-order valence-electron chi connectivity index (χ4n) is 3.01. The Hall–Kier alpha value is -3.87. The predicted molar refractivity (Wildman–Crippen MR) is 107 cm³/mol. The van der Waals surface area contributed by atoms with E-state index in [-0.39, 0.29) is 11.6 Å². The average Bonchev–Trinajstić information content (AvgIpc) is 2.93. The Morgan fingerprint density at radius 1 is 0.964 bits per heavy atom. The van der Waals surface area contributed by atoms with Gasteiger partial charge in [-0.2, -0.15) is 0 Å². The molecule has 0 unspecified atom stereocenters. The van der Waals surface area contributed by atoms with Gasteiger partial charge in [-0.3, -0.25) is 18.9 Å². The number of ether oxygens (including phenoxy) is 1. The molecule has 0 bridgehead atoms. The maximum absolute atomic E-state index is 12.5. The SMILES string of the molecule is Cn1c(=O)n(C)c2cc(NC(=O)c3ccc(Oc4cccnc4)cc3)ccc21. The van der Waals surface area contributed by atoms with Crippen molar-refractivity contribution < 1.29 is 9.53 Å². The smallest absolute Gasteiger partial charge is 0.328 e. The Labute approximate surface area is 160 Å². The lowest BCUT2D eigenvalue weighted by Crippen LogP contribution is -2.19. The quantitative estimate of drug-likeness (QED) is 0.594. The molecule has 1 amide bonds. The molecule has 4 rings (SSSR count). The molecule has 2 aromatic heterocycles. The number of fused-ring (bicyclic) bond motifs is 1. The number of hydrogen-bond donors (Lipinski definition) is 1. The van der Waals surface area contributed by atoms with Crippen molar-refractivity contribution in [3.63, 3.8) is 0 Å². The molecule has 140 valence electrons. The van der Waals surface area contributed by atoms with Crippen molar-refractivity contribution in [3.05, 3.63) is 83.0 Å². The third-order valence-electron chi connectivity index (χ3n) is 4.52. The van der Waals surface area contributed by atoms with E-state index >= 15 is 0 Å². The highest BCUT2D eigenvalue weighted by Gasteiger charge is 2.11. The van der Waals surface area contributed by atoms with Crippen molar-refractivity contribution >= 4 is 22.6 Å². The third kappa shape index (κ3) is 3.25. The number of carbonyl (C=O) groups excluding carboxylic acids is 1. The van der Waals surface area contributed by atoms with Crippen LogP contribution in [-0.4, -0.2) is 20.0 Å². The van der Waals surface area contributed by atoms with E-state index in [4.69, 9.17) is 4.74 Å². The number of nitrogens with zero attached hydrogens (tertiary/aromatic N) is 3. The van der Waals surface area contributed by atoms with Gasteiger partial charge >= 0.3 is 5.69 Å². The lowest BCUT2D eigenvalue weighted by molar-refractivity contribution is 0.102. The van der Waals surface area contributed by atoms with Crippen LogP contribution in [0.3, 0.4) is 0 Å². The highest BCUT2D eigenvalue weighted by Crippen LogP contribution is 2.22. The number of nitrogens with one attached hydrogen (secondary N) is 1. The summed E-state index contributed by atoms with van der Waals surface area (Å²) in [7, 11) is 3.43. The van der Waals surface area contributed by atoms with E-state index in [1.54, 1.807) is 84.2 Å². The summed E-state index contributed by atoms with van der Waals surface area (Å²) in [5.74, 6) is 1.000. The van der Waals surface area contributed by atoms with E-state index in [0.717, 1.165) is 11.0 Å². The maximum atomic E-state index is 12.5. The fourth-order valence-corrected chi connectivity index (χ4v) is 3.01. The Kier molecular flexibility index (Phi) is 4.41. The first-order valence-electron chi connectivity index (χ1n) is 8.68. The molecule has 28 heavy (non-hydrogen) atoms. The van der Waals surface area contributed by atoms with Crippen LogP contribution in [0.1, 0.15) is 10.4 Å². The Balaban J connectivity index is 1.51. The molecule has 0 radical (unpaired) electrons. The van der Waals surface area contributed by atoms with Gasteiger partial charge in [-0.25, -0.2) is 4.79 Å². The van der Waals surface area contributed by atoms with Crippen LogP contribution in [0.2, 0.25) is 0 Å². The minimum absolute atomic E-state index is 0.109. The molecule has 0 fully saturated rings. The first-order valence-corrected chi connectivity index (χ1v) is 8.68. The summed E-state index contributed by atoms with van der Waals surface area (Å²) < 4.78 is 8.80. The predicted octanol–water partition coefficient (Wildman–Crippen LogP) is 3.32. The number of aromatic nitrogens is 3. The molecular formula is C21H18N4O3. The van der Waals surface area contributed by atoms with Gasteiger partial charge in [0.1, 0.15) is 11.5 Å². The molecule has 0 spiro atoms. The monoisotopic (exact) mass is 374 g/mol. The van der Waals surface area contributed by atoms with Gasteiger partial charge in [-0.05, 0) is 54.6 Å². The van der Waals surface area contributed by atoms with Gasteiger partial charge in [0, 0.05) is 31.5 Å². The maximum Gasteiger partial charge on any atom is 0.328 e. The number of hydrogen-bond acceptors (Lipinski definition) is 4. The summed E-state index contributed by atoms with van der Waals surface area (Å²) in [6.45, 7) is 0. The number of benzene rings is 2. The number of carbonyl (C=O) groups is 1. The van der Waals surface area contributed by atoms with Crippen LogP contribution in [0.25, 0.3) is 11.0 Å². The van der Waals surface area contributed by atoms with Gasteiger partial charge in [0.2, 0.25) is 0 Å². The number of amides is 1. The number of imidazole rings is 1. The number of anilines is 1. The fraction of sp³-hybridized carbons (Fsp3) is 0.0952. The van der Waals surface area contributed by atoms with E-state index < -0.39 is 0 Å². The first-order chi connectivity index (χ1) is 13.5. The van der Waals surface area contributed by atoms with Crippen LogP contribution in [0.5, 0.6) is 11.5 Å². The van der Waals surface area contributed by atoms with Crippen molar-refractivity contribution in [1.82, 2.24) is 14.1 Å². The standard InChI is InChI=1S/C21H18N4O3/c1-24-18-10-7-15(12-19(18)25(2)21(24)27)23-20(26)14-5-8-16(9-6-14)28-17-4-3-11-22-13-17/h3-13H,1-2H3,(H,23,26). The Morgan fingerprint density at radius 2 is 1.71 bits per heavy atom. The molecule has 0 atom stereocenters. The second-order valence-electron chi connectivity index (χ2n) is 6.37. The zero-order valence-electron chi connectivity index (χ0n) is 15.4. The minimum atomic E-state index is -0.242. The van der Waals surface area contributed by atoms with Gasteiger partial charge in [-0.15, -0.1) is 0 Å². The zero-order chi connectivity index (χ0) is 19.7. The van der Waals surface area contributed by atoms with Crippen LogP contribution in [0.15, 0.2) is 71.8 Å². The van der Waals surface area contributed by atoms with Crippen molar-refractivity contribution in [2.45, 2.75) is 0 Å². The number of rotatable bonds is 4. The topological polar surface area (TPSA) is 78.2 Å². The normalized spacial score (nSPS) is 10.8. The molecule has 0 saturated heterocycles. The van der Waals surface area contributed by atoms with Gasteiger partial charge in [0.15, 0.2) is 0 Å². The van der Waals surface area contributed by atoms with Crippen LogP contribution < -0.4 is 15.7 Å². The first kappa shape index (κ1) is 17.5. The summed E-state index contributed by atoms with van der Waals surface area (Å²) in [6.07, 6.45) is 3.29. The second kappa shape index (κ2) is 7.03. The van der Waals surface area contributed by atoms with Crippen LogP contribution in [-0.2, 0) is 14.1 Å². The molecule has 2 aromatic carbocycles. The average molecular weight is 374 g/mol. The van der Waals surface area contributed by atoms with Crippen molar-refractivity contribution in [1.29, 1.82) is 0 Å². The zero-order valence-corrected chi connectivity index (χ0v) is 15.4. The van der Waals surface area contributed by atoms with Crippen molar-refractivity contribution in [3.8, 4) is 11.5 Å². The van der Waals surface area contributed by atoms with E-state index in [9.17, 15) is 9.59 Å². The largest absolute Gasteiger partial charge is 0.456 e. The molecule has 0 aliphatic rings. The molecule has 0 aliphatic carbocycles. The molecule has 0 aliphatic heterocycles. The minimum Gasteiger partial charge on any atom is -0.456 e. The number of aryl methyl sites for hydroxylation is 2. The molecular weight excluding hydrogens is 356 g/mol.